The molecular formula is C16H25NOS. The minimum absolute atomic E-state index is 0.281. The summed E-state index contributed by atoms with van der Waals surface area (Å²) in [5.41, 5.74) is 1.04. The normalized spacial score (nSPS) is 24.1. The predicted molar refractivity (Wildman–Crippen MR) is 83.5 cm³/mol. The Balaban J connectivity index is 1.88. The Kier molecular flexibility index (Phi) is 5.74. The van der Waals surface area contributed by atoms with Gasteiger partial charge in [0.1, 0.15) is 0 Å². The van der Waals surface area contributed by atoms with Crippen molar-refractivity contribution in [2.75, 3.05) is 25.4 Å². The summed E-state index contributed by atoms with van der Waals surface area (Å²) >= 11 is 2.09. The lowest BCUT2D eigenvalue weighted by Gasteiger charge is -2.34. The SMILES string of the molecule is CCC1CN(CC(C)C(O)c2ccccc2)CCS1. The molecule has 2 nitrogen and oxygen atoms in total. The van der Waals surface area contributed by atoms with Gasteiger partial charge in [-0.05, 0) is 17.9 Å². The summed E-state index contributed by atoms with van der Waals surface area (Å²) in [6.07, 6.45) is 0.896. The molecule has 19 heavy (non-hydrogen) atoms. The molecule has 1 N–H and O–H groups in total. The van der Waals surface area contributed by atoms with E-state index in [1.807, 2.05) is 30.3 Å². The maximum absolute atomic E-state index is 10.4. The quantitative estimate of drug-likeness (QED) is 0.895. The maximum Gasteiger partial charge on any atom is 0.0827 e. The Bertz CT molecular complexity index is 370. The molecule has 0 radical (unpaired) electrons. The molecule has 0 aliphatic carbocycles. The molecule has 3 atom stereocenters. The van der Waals surface area contributed by atoms with Gasteiger partial charge in [0.05, 0.1) is 6.10 Å². The largest absolute Gasteiger partial charge is 0.388 e. The first-order valence-corrected chi connectivity index (χ1v) is 8.32. The average Bonchev–Trinajstić information content (AvgIpc) is 2.47. The maximum atomic E-state index is 10.4. The summed E-state index contributed by atoms with van der Waals surface area (Å²) in [5, 5.41) is 11.2. The fourth-order valence-electron chi connectivity index (χ4n) is 2.68. The van der Waals surface area contributed by atoms with Gasteiger partial charge in [0, 0.05) is 30.6 Å². The highest BCUT2D eigenvalue weighted by Gasteiger charge is 2.23. The molecule has 1 aromatic carbocycles. The molecule has 0 saturated carbocycles. The highest BCUT2D eigenvalue weighted by molar-refractivity contribution is 8.00. The molecule has 0 aromatic heterocycles. The first kappa shape index (κ1) is 14.9. The van der Waals surface area contributed by atoms with Crippen molar-refractivity contribution in [1.82, 2.24) is 4.90 Å². The molecule has 1 aliphatic heterocycles. The van der Waals surface area contributed by atoms with E-state index in [9.17, 15) is 5.11 Å². The Morgan fingerprint density at radius 1 is 1.37 bits per heavy atom. The van der Waals surface area contributed by atoms with Gasteiger partial charge in [-0.25, -0.2) is 0 Å². The van der Waals surface area contributed by atoms with Crippen molar-refractivity contribution < 1.29 is 5.11 Å². The number of aliphatic hydroxyl groups excluding tert-OH is 1. The van der Waals surface area contributed by atoms with E-state index in [1.54, 1.807) is 0 Å². The van der Waals surface area contributed by atoms with E-state index in [0.29, 0.717) is 0 Å². The lowest BCUT2D eigenvalue weighted by Crippen LogP contribution is -2.40. The van der Waals surface area contributed by atoms with E-state index < -0.39 is 0 Å². The molecule has 2 rings (SSSR count). The van der Waals surface area contributed by atoms with Gasteiger partial charge in [-0.15, -0.1) is 0 Å². The van der Waals surface area contributed by atoms with Crippen molar-refractivity contribution in [3.63, 3.8) is 0 Å². The molecule has 0 bridgehead atoms. The Morgan fingerprint density at radius 3 is 2.79 bits per heavy atom. The summed E-state index contributed by atoms with van der Waals surface area (Å²) < 4.78 is 0. The van der Waals surface area contributed by atoms with Gasteiger partial charge in [0.2, 0.25) is 0 Å². The molecule has 3 unspecified atom stereocenters. The number of benzene rings is 1. The van der Waals surface area contributed by atoms with Crippen LogP contribution < -0.4 is 0 Å². The van der Waals surface area contributed by atoms with E-state index >= 15 is 0 Å². The highest BCUT2D eigenvalue weighted by atomic mass is 32.2. The third-order valence-electron chi connectivity index (χ3n) is 3.90. The van der Waals surface area contributed by atoms with Crippen LogP contribution >= 0.6 is 11.8 Å². The summed E-state index contributed by atoms with van der Waals surface area (Å²) in [7, 11) is 0. The lowest BCUT2D eigenvalue weighted by molar-refractivity contribution is 0.0889. The standard InChI is InChI=1S/C16H25NOS/c1-3-15-12-17(9-10-19-15)11-13(2)16(18)14-7-5-4-6-8-14/h4-8,13,15-16,18H,3,9-12H2,1-2H3. The Hall–Kier alpha value is -0.510. The van der Waals surface area contributed by atoms with Crippen molar-refractivity contribution in [2.24, 2.45) is 5.92 Å². The monoisotopic (exact) mass is 279 g/mol. The summed E-state index contributed by atoms with van der Waals surface area (Å²) in [6, 6.07) is 10.0. The number of aliphatic hydroxyl groups is 1. The smallest absolute Gasteiger partial charge is 0.0827 e. The molecule has 1 aliphatic rings. The molecule has 1 aromatic rings. The summed E-state index contributed by atoms with van der Waals surface area (Å²) in [4.78, 5) is 2.52. The summed E-state index contributed by atoms with van der Waals surface area (Å²) in [6.45, 7) is 7.75. The first-order chi connectivity index (χ1) is 9.20. The van der Waals surface area contributed by atoms with Gasteiger partial charge < -0.3 is 10.0 Å². The zero-order valence-corrected chi connectivity index (χ0v) is 12.8. The van der Waals surface area contributed by atoms with Crippen molar-refractivity contribution in [3.05, 3.63) is 35.9 Å². The van der Waals surface area contributed by atoms with Crippen LogP contribution in [-0.2, 0) is 0 Å². The van der Waals surface area contributed by atoms with Crippen LogP contribution in [-0.4, -0.2) is 40.6 Å². The van der Waals surface area contributed by atoms with Gasteiger partial charge in [-0.3, -0.25) is 0 Å². The topological polar surface area (TPSA) is 23.5 Å². The van der Waals surface area contributed by atoms with Crippen LogP contribution in [0.5, 0.6) is 0 Å². The van der Waals surface area contributed by atoms with E-state index in [1.165, 1.54) is 18.7 Å². The third-order valence-corrected chi connectivity index (χ3v) is 5.28. The van der Waals surface area contributed by atoms with Gasteiger partial charge in [-0.1, -0.05) is 44.2 Å². The fraction of sp³-hybridized carbons (Fsp3) is 0.625. The van der Waals surface area contributed by atoms with E-state index in [2.05, 4.69) is 30.5 Å². The summed E-state index contributed by atoms with van der Waals surface area (Å²) in [5.74, 6) is 1.51. The Labute approximate surface area is 121 Å². The molecule has 0 spiro atoms. The van der Waals surface area contributed by atoms with Gasteiger partial charge >= 0.3 is 0 Å². The number of hydrogen-bond acceptors (Lipinski definition) is 3. The van der Waals surface area contributed by atoms with Crippen LogP contribution in [0.1, 0.15) is 31.9 Å². The van der Waals surface area contributed by atoms with Gasteiger partial charge in [-0.2, -0.15) is 11.8 Å². The van der Waals surface area contributed by atoms with Crippen LogP contribution in [0.25, 0.3) is 0 Å². The van der Waals surface area contributed by atoms with E-state index in [-0.39, 0.29) is 12.0 Å². The number of hydrogen-bond donors (Lipinski definition) is 1. The second-order valence-electron chi connectivity index (χ2n) is 5.49. The van der Waals surface area contributed by atoms with E-state index in [4.69, 9.17) is 0 Å². The molecule has 1 fully saturated rings. The van der Waals surface area contributed by atoms with Crippen LogP contribution in [0.3, 0.4) is 0 Å². The molecule has 3 heteroatoms. The van der Waals surface area contributed by atoms with Crippen molar-refractivity contribution in [3.8, 4) is 0 Å². The van der Waals surface area contributed by atoms with Gasteiger partial charge in [0.15, 0.2) is 0 Å². The van der Waals surface area contributed by atoms with Crippen molar-refractivity contribution in [1.29, 1.82) is 0 Å². The minimum atomic E-state index is -0.351. The Morgan fingerprint density at radius 2 is 2.11 bits per heavy atom. The highest BCUT2D eigenvalue weighted by Crippen LogP contribution is 2.26. The molecule has 1 heterocycles. The minimum Gasteiger partial charge on any atom is -0.388 e. The second-order valence-corrected chi connectivity index (χ2v) is 6.90. The zero-order chi connectivity index (χ0) is 13.7. The second kappa shape index (κ2) is 7.32. The predicted octanol–water partition coefficient (Wildman–Crippen LogP) is 3.18. The molecular weight excluding hydrogens is 254 g/mol. The third kappa shape index (κ3) is 4.23. The lowest BCUT2D eigenvalue weighted by atomic mass is 9.97. The number of rotatable bonds is 5. The zero-order valence-electron chi connectivity index (χ0n) is 12.0. The van der Waals surface area contributed by atoms with Gasteiger partial charge in [0.25, 0.3) is 0 Å². The molecule has 1 saturated heterocycles. The van der Waals surface area contributed by atoms with Crippen molar-refractivity contribution in [2.45, 2.75) is 31.6 Å². The van der Waals surface area contributed by atoms with E-state index in [0.717, 1.165) is 23.9 Å². The van der Waals surface area contributed by atoms with Crippen LogP contribution in [0, 0.1) is 5.92 Å². The van der Waals surface area contributed by atoms with Crippen LogP contribution in [0.4, 0.5) is 0 Å². The van der Waals surface area contributed by atoms with Crippen LogP contribution in [0.15, 0.2) is 30.3 Å². The van der Waals surface area contributed by atoms with Crippen molar-refractivity contribution >= 4 is 11.8 Å². The molecule has 106 valence electrons. The number of thioether (sulfide) groups is 1. The van der Waals surface area contributed by atoms with Crippen LogP contribution in [0.2, 0.25) is 0 Å². The number of nitrogens with zero attached hydrogens (tertiary/aromatic N) is 1. The molecule has 0 amide bonds. The first-order valence-electron chi connectivity index (χ1n) is 7.27. The fourth-order valence-corrected chi connectivity index (χ4v) is 3.93. The average molecular weight is 279 g/mol.